The number of halogens is 1. The van der Waals surface area contributed by atoms with Crippen LogP contribution in [0.3, 0.4) is 0 Å². The lowest BCUT2D eigenvalue weighted by Gasteiger charge is -2.07. The van der Waals surface area contributed by atoms with E-state index >= 15 is 0 Å². The summed E-state index contributed by atoms with van der Waals surface area (Å²) in [7, 11) is -1.98. The minimum Gasteiger partial charge on any atom is -0.351 e. The first-order valence-electron chi connectivity index (χ1n) is 6.40. The van der Waals surface area contributed by atoms with E-state index in [4.69, 9.17) is 11.6 Å². The second-order valence-electron chi connectivity index (χ2n) is 4.51. The number of carbonyl (C=O) groups excluding carboxylic acids is 1. The standard InChI is InChI=1S/C13H15ClN4O3S/c1-18-9-12(8-16-18)22(20,21)17-7-6-15-13(19)10-2-4-11(14)5-3-10/h2-5,8-9,17H,6-7H2,1H3,(H,15,19). The minimum absolute atomic E-state index is 0.0799. The first-order chi connectivity index (χ1) is 10.4. The summed E-state index contributed by atoms with van der Waals surface area (Å²) in [5.74, 6) is -0.294. The molecule has 1 amide bonds. The number of amides is 1. The fourth-order valence-corrected chi connectivity index (χ4v) is 2.83. The lowest BCUT2D eigenvalue weighted by Crippen LogP contribution is -2.34. The molecule has 0 fully saturated rings. The van der Waals surface area contributed by atoms with E-state index in [1.54, 1.807) is 31.3 Å². The monoisotopic (exact) mass is 342 g/mol. The van der Waals surface area contributed by atoms with Gasteiger partial charge in [-0.25, -0.2) is 13.1 Å². The molecule has 7 nitrogen and oxygen atoms in total. The van der Waals surface area contributed by atoms with Crippen molar-refractivity contribution in [2.45, 2.75) is 4.90 Å². The van der Waals surface area contributed by atoms with Crippen LogP contribution >= 0.6 is 11.6 Å². The highest BCUT2D eigenvalue weighted by Gasteiger charge is 2.15. The van der Waals surface area contributed by atoms with E-state index in [0.717, 1.165) is 0 Å². The SMILES string of the molecule is Cn1cc(S(=O)(=O)NCCNC(=O)c2ccc(Cl)cc2)cn1. The van der Waals surface area contributed by atoms with Crippen LogP contribution in [0.15, 0.2) is 41.6 Å². The van der Waals surface area contributed by atoms with Crippen molar-refractivity contribution in [1.29, 1.82) is 0 Å². The Morgan fingerprint density at radius 2 is 1.95 bits per heavy atom. The molecule has 0 aliphatic carbocycles. The van der Waals surface area contributed by atoms with Gasteiger partial charge < -0.3 is 5.32 Å². The third-order valence-corrected chi connectivity index (χ3v) is 4.47. The Hall–Kier alpha value is -1.90. The third-order valence-electron chi connectivity index (χ3n) is 2.80. The summed E-state index contributed by atoms with van der Waals surface area (Å²) in [5.41, 5.74) is 0.458. The third kappa shape index (κ3) is 4.30. The van der Waals surface area contributed by atoms with Crippen LogP contribution in [0.2, 0.25) is 5.02 Å². The molecular formula is C13H15ClN4O3S. The Balaban J connectivity index is 1.82. The van der Waals surface area contributed by atoms with Gasteiger partial charge in [0.15, 0.2) is 0 Å². The van der Waals surface area contributed by atoms with E-state index in [9.17, 15) is 13.2 Å². The number of carbonyl (C=O) groups is 1. The zero-order chi connectivity index (χ0) is 16.2. The van der Waals surface area contributed by atoms with Crippen LogP contribution < -0.4 is 10.0 Å². The molecule has 118 valence electrons. The zero-order valence-electron chi connectivity index (χ0n) is 11.8. The highest BCUT2D eigenvalue weighted by atomic mass is 35.5. The number of nitrogens with zero attached hydrogens (tertiary/aromatic N) is 2. The Kier molecular flexibility index (Phi) is 5.17. The molecule has 1 heterocycles. The van der Waals surface area contributed by atoms with Crippen molar-refractivity contribution in [3.63, 3.8) is 0 Å². The van der Waals surface area contributed by atoms with Gasteiger partial charge in [0, 0.05) is 36.9 Å². The van der Waals surface area contributed by atoms with E-state index in [1.165, 1.54) is 17.1 Å². The Bertz CT molecular complexity index is 756. The Morgan fingerprint density at radius 3 is 2.55 bits per heavy atom. The number of aryl methyl sites for hydroxylation is 1. The molecule has 2 aromatic rings. The van der Waals surface area contributed by atoms with Crippen LogP contribution in [0.4, 0.5) is 0 Å². The van der Waals surface area contributed by atoms with E-state index in [0.29, 0.717) is 10.6 Å². The molecule has 1 aromatic carbocycles. The van der Waals surface area contributed by atoms with Crippen molar-refractivity contribution in [3.8, 4) is 0 Å². The van der Waals surface area contributed by atoms with Crippen LogP contribution in [-0.2, 0) is 17.1 Å². The fourth-order valence-electron chi connectivity index (χ4n) is 1.69. The molecule has 1 aromatic heterocycles. The summed E-state index contributed by atoms with van der Waals surface area (Å²) in [4.78, 5) is 11.9. The van der Waals surface area contributed by atoms with Crippen molar-refractivity contribution < 1.29 is 13.2 Å². The number of aromatic nitrogens is 2. The van der Waals surface area contributed by atoms with Gasteiger partial charge in [0.05, 0.1) is 6.20 Å². The smallest absolute Gasteiger partial charge is 0.251 e. The molecule has 0 aliphatic heterocycles. The van der Waals surface area contributed by atoms with E-state index in [-0.39, 0.29) is 23.9 Å². The Labute approximate surface area is 133 Å². The van der Waals surface area contributed by atoms with Gasteiger partial charge in [-0.05, 0) is 24.3 Å². The van der Waals surface area contributed by atoms with Gasteiger partial charge in [-0.2, -0.15) is 5.10 Å². The van der Waals surface area contributed by atoms with Crippen LogP contribution in [0.1, 0.15) is 10.4 Å². The van der Waals surface area contributed by atoms with E-state index in [1.807, 2.05) is 0 Å². The molecular weight excluding hydrogens is 328 g/mol. The van der Waals surface area contributed by atoms with Crippen LogP contribution in [0, 0.1) is 0 Å². The highest BCUT2D eigenvalue weighted by molar-refractivity contribution is 7.89. The molecule has 0 radical (unpaired) electrons. The second kappa shape index (κ2) is 6.91. The van der Waals surface area contributed by atoms with Gasteiger partial charge in [-0.15, -0.1) is 0 Å². The maximum Gasteiger partial charge on any atom is 0.251 e. The number of nitrogens with one attached hydrogen (secondary N) is 2. The topological polar surface area (TPSA) is 93.1 Å². The Morgan fingerprint density at radius 1 is 1.27 bits per heavy atom. The van der Waals surface area contributed by atoms with Crippen molar-refractivity contribution in [1.82, 2.24) is 19.8 Å². The molecule has 0 bridgehead atoms. The largest absolute Gasteiger partial charge is 0.351 e. The van der Waals surface area contributed by atoms with Crippen LogP contribution in [0.25, 0.3) is 0 Å². The van der Waals surface area contributed by atoms with E-state index in [2.05, 4.69) is 15.1 Å². The van der Waals surface area contributed by atoms with Gasteiger partial charge in [0.25, 0.3) is 5.91 Å². The first-order valence-corrected chi connectivity index (χ1v) is 8.27. The molecule has 0 aliphatic rings. The fraction of sp³-hybridized carbons (Fsp3) is 0.231. The average molecular weight is 343 g/mol. The normalized spacial score (nSPS) is 11.4. The van der Waals surface area contributed by atoms with Crippen molar-refractivity contribution >= 4 is 27.5 Å². The van der Waals surface area contributed by atoms with Gasteiger partial charge >= 0.3 is 0 Å². The van der Waals surface area contributed by atoms with Crippen molar-refractivity contribution in [2.75, 3.05) is 13.1 Å². The first kappa shape index (κ1) is 16.5. The molecule has 2 N–H and O–H groups in total. The van der Waals surface area contributed by atoms with Gasteiger partial charge in [0.1, 0.15) is 4.90 Å². The number of hydrogen-bond donors (Lipinski definition) is 2. The van der Waals surface area contributed by atoms with Crippen molar-refractivity contribution in [3.05, 3.63) is 47.2 Å². The summed E-state index contributed by atoms with van der Waals surface area (Å²) < 4.78 is 27.6. The van der Waals surface area contributed by atoms with Crippen LogP contribution in [0.5, 0.6) is 0 Å². The number of benzene rings is 1. The number of rotatable bonds is 6. The molecule has 9 heteroatoms. The molecule has 0 saturated carbocycles. The molecule has 0 unspecified atom stereocenters. The average Bonchev–Trinajstić information content (AvgIpc) is 2.92. The van der Waals surface area contributed by atoms with Crippen LogP contribution in [-0.4, -0.2) is 37.2 Å². The minimum atomic E-state index is -3.61. The molecule has 22 heavy (non-hydrogen) atoms. The maximum absolute atomic E-state index is 11.9. The molecule has 0 spiro atoms. The molecule has 2 rings (SSSR count). The van der Waals surface area contributed by atoms with E-state index < -0.39 is 10.0 Å². The molecule has 0 atom stereocenters. The summed E-state index contributed by atoms with van der Waals surface area (Å²) in [6.45, 7) is 0.248. The quantitative estimate of drug-likeness (QED) is 0.759. The summed E-state index contributed by atoms with van der Waals surface area (Å²) in [5, 5.41) is 6.96. The van der Waals surface area contributed by atoms with Gasteiger partial charge in [0.2, 0.25) is 10.0 Å². The van der Waals surface area contributed by atoms with Crippen molar-refractivity contribution in [2.24, 2.45) is 7.05 Å². The lowest BCUT2D eigenvalue weighted by atomic mass is 10.2. The number of hydrogen-bond acceptors (Lipinski definition) is 4. The predicted octanol–water partition coefficient (Wildman–Crippen LogP) is 0.782. The van der Waals surface area contributed by atoms with Gasteiger partial charge in [-0.3, -0.25) is 9.48 Å². The summed E-state index contributed by atoms with van der Waals surface area (Å²) in [6, 6.07) is 6.41. The lowest BCUT2D eigenvalue weighted by molar-refractivity contribution is 0.0954. The molecule has 0 saturated heterocycles. The highest BCUT2D eigenvalue weighted by Crippen LogP contribution is 2.09. The second-order valence-corrected chi connectivity index (χ2v) is 6.71. The summed E-state index contributed by atoms with van der Waals surface area (Å²) >= 11 is 5.74. The number of sulfonamides is 1. The van der Waals surface area contributed by atoms with Gasteiger partial charge in [-0.1, -0.05) is 11.6 Å². The maximum atomic E-state index is 11.9. The summed E-state index contributed by atoms with van der Waals surface area (Å²) in [6.07, 6.45) is 2.66. The predicted molar refractivity (Wildman–Crippen MR) is 82.2 cm³/mol. The zero-order valence-corrected chi connectivity index (χ0v) is 13.4.